The van der Waals surface area contributed by atoms with Crippen LogP contribution in [0.15, 0.2) is 12.7 Å². The molecule has 1 saturated heterocycles. The fourth-order valence-corrected chi connectivity index (χ4v) is 2.46. The summed E-state index contributed by atoms with van der Waals surface area (Å²) in [5.74, 6) is -0.253. The predicted octanol–water partition coefficient (Wildman–Crippen LogP) is 0.0214. The average Bonchev–Trinajstić information content (AvgIpc) is 2.82. The number of aliphatic hydroxyl groups is 2. The van der Waals surface area contributed by atoms with Crippen molar-refractivity contribution in [2.24, 2.45) is 5.92 Å². The first-order chi connectivity index (χ1) is 9.09. The first-order valence-corrected chi connectivity index (χ1v) is 6.21. The molecule has 0 radical (unpaired) electrons. The van der Waals surface area contributed by atoms with Crippen molar-refractivity contribution in [3.63, 3.8) is 0 Å². The zero-order chi connectivity index (χ0) is 13.6. The lowest BCUT2D eigenvalue weighted by Crippen LogP contribution is -2.45. The number of hydrogen-bond acceptors (Lipinski definition) is 6. The Balaban J connectivity index is 2.03. The third-order valence-electron chi connectivity index (χ3n) is 3.64. The standard InChI is InChI=1S/C12H16N4O3/c1-6-10(18)8(17)3-19-12(6)16-5-15-9-7(2)13-4-14-11(9)16/h4-6,8,10,12,17-18H,3H2,1-2H3. The van der Waals surface area contributed by atoms with Crippen LogP contribution in [0.5, 0.6) is 0 Å². The fourth-order valence-electron chi connectivity index (χ4n) is 2.46. The Hall–Kier alpha value is -1.57. The van der Waals surface area contributed by atoms with Gasteiger partial charge >= 0.3 is 0 Å². The quantitative estimate of drug-likeness (QED) is 0.754. The van der Waals surface area contributed by atoms with Crippen LogP contribution in [-0.2, 0) is 4.74 Å². The zero-order valence-corrected chi connectivity index (χ0v) is 10.8. The number of aryl methyl sites for hydroxylation is 1. The number of hydrogen-bond donors (Lipinski definition) is 2. The summed E-state index contributed by atoms with van der Waals surface area (Å²) >= 11 is 0. The molecule has 0 aromatic carbocycles. The zero-order valence-electron chi connectivity index (χ0n) is 10.8. The predicted molar refractivity (Wildman–Crippen MR) is 66.2 cm³/mol. The Morgan fingerprint density at radius 1 is 1.32 bits per heavy atom. The highest BCUT2D eigenvalue weighted by atomic mass is 16.5. The van der Waals surface area contributed by atoms with Crippen molar-refractivity contribution in [1.29, 1.82) is 0 Å². The molecule has 0 amide bonds. The van der Waals surface area contributed by atoms with Gasteiger partial charge in [-0.25, -0.2) is 15.0 Å². The maximum absolute atomic E-state index is 9.95. The van der Waals surface area contributed by atoms with Gasteiger partial charge in [0.15, 0.2) is 5.65 Å². The van der Waals surface area contributed by atoms with Crippen LogP contribution in [-0.4, -0.2) is 48.5 Å². The molecule has 3 rings (SSSR count). The van der Waals surface area contributed by atoms with E-state index in [1.54, 1.807) is 10.9 Å². The highest BCUT2D eigenvalue weighted by Gasteiger charge is 2.37. The number of imidazole rings is 1. The first-order valence-electron chi connectivity index (χ1n) is 6.21. The van der Waals surface area contributed by atoms with Crippen LogP contribution >= 0.6 is 0 Å². The minimum Gasteiger partial charge on any atom is -0.390 e. The monoisotopic (exact) mass is 264 g/mol. The second kappa shape index (κ2) is 4.52. The highest BCUT2D eigenvalue weighted by Crippen LogP contribution is 2.31. The van der Waals surface area contributed by atoms with E-state index in [9.17, 15) is 10.2 Å². The molecule has 0 bridgehead atoms. The lowest BCUT2D eigenvalue weighted by atomic mass is 9.95. The van der Waals surface area contributed by atoms with Crippen molar-refractivity contribution in [1.82, 2.24) is 19.5 Å². The lowest BCUT2D eigenvalue weighted by molar-refractivity contribution is -0.177. The van der Waals surface area contributed by atoms with Gasteiger partial charge in [-0.15, -0.1) is 0 Å². The molecule has 2 N–H and O–H groups in total. The Labute approximate surface area is 109 Å². The van der Waals surface area contributed by atoms with Crippen LogP contribution in [0.2, 0.25) is 0 Å². The molecule has 1 aliphatic heterocycles. The molecule has 4 unspecified atom stereocenters. The van der Waals surface area contributed by atoms with E-state index < -0.39 is 18.4 Å². The van der Waals surface area contributed by atoms with Gasteiger partial charge in [0.2, 0.25) is 0 Å². The molecule has 7 heteroatoms. The van der Waals surface area contributed by atoms with E-state index >= 15 is 0 Å². The molecule has 2 aromatic rings. The van der Waals surface area contributed by atoms with Gasteiger partial charge in [-0.2, -0.15) is 0 Å². The summed E-state index contributed by atoms with van der Waals surface area (Å²) in [6.45, 7) is 3.79. The summed E-state index contributed by atoms with van der Waals surface area (Å²) in [7, 11) is 0. The molecular formula is C12H16N4O3. The van der Waals surface area contributed by atoms with Crippen molar-refractivity contribution in [2.75, 3.05) is 6.61 Å². The molecule has 102 valence electrons. The molecule has 3 heterocycles. The topological polar surface area (TPSA) is 93.3 Å². The van der Waals surface area contributed by atoms with Gasteiger partial charge in [-0.1, -0.05) is 6.92 Å². The van der Waals surface area contributed by atoms with E-state index in [4.69, 9.17) is 4.74 Å². The molecule has 1 fully saturated rings. The smallest absolute Gasteiger partial charge is 0.165 e. The Bertz CT molecular complexity index is 600. The van der Waals surface area contributed by atoms with Crippen LogP contribution in [0.1, 0.15) is 18.8 Å². The van der Waals surface area contributed by atoms with Crippen molar-refractivity contribution < 1.29 is 14.9 Å². The maximum atomic E-state index is 9.95. The second-order valence-corrected chi connectivity index (χ2v) is 4.92. The molecule has 2 aromatic heterocycles. The van der Waals surface area contributed by atoms with Gasteiger partial charge < -0.3 is 14.9 Å². The summed E-state index contributed by atoms with van der Waals surface area (Å²) < 4.78 is 7.40. The number of fused-ring (bicyclic) bond motifs is 1. The van der Waals surface area contributed by atoms with Gasteiger partial charge in [0.05, 0.1) is 24.7 Å². The van der Waals surface area contributed by atoms with Crippen molar-refractivity contribution in [2.45, 2.75) is 32.3 Å². The van der Waals surface area contributed by atoms with Gasteiger partial charge in [0, 0.05) is 5.92 Å². The average molecular weight is 264 g/mol. The van der Waals surface area contributed by atoms with Crippen LogP contribution in [0, 0.1) is 12.8 Å². The minimum absolute atomic E-state index is 0.0971. The van der Waals surface area contributed by atoms with Crippen molar-refractivity contribution >= 4 is 11.2 Å². The van der Waals surface area contributed by atoms with E-state index in [-0.39, 0.29) is 12.5 Å². The van der Waals surface area contributed by atoms with Gasteiger partial charge in [0.1, 0.15) is 24.2 Å². The number of aromatic nitrogens is 4. The molecular weight excluding hydrogens is 248 g/mol. The number of nitrogens with zero attached hydrogens (tertiary/aromatic N) is 4. The number of ether oxygens (including phenoxy) is 1. The minimum atomic E-state index is -0.850. The molecule has 4 atom stereocenters. The molecule has 0 aliphatic carbocycles. The van der Waals surface area contributed by atoms with Gasteiger partial charge in [-0.05, 0) is 6.92 Å². The number of rotatable bonds is 1. The van der Waals surface area contributed by atoms with E-state index in [1.807, 2.05) is 13.8 Å². The maximum Gasteiger partial charge on any atom is 0.165 e. The van der Waals surface area contributed by atoms with E-state index in [1.165, 1.54) is 6.33 Å². The van der Waals surface area contributed by atoms with Crippen LogP contribution in [0.3, 0.4) is 0 Å². The number of aliphatic hydroxyl groups excluding tert-OH is 2. The third kappa shape index (κ3) is 1.90. The summed E-state index contributed by atoms with van der Waals surface area (Å²) in [5, 5.41) is 19.5. The Morgan fingerprint density at radius 2 is 2.11 bits per heavy atom. The molecule has 19 heavy (non-hydrogen) atoms. The summed E-state index contributed by atoms with van der Waals surface area (Å²) in [5.41, 5.74) is 2.19. The van der Waals surface area contributed by atoms with Crippen LogP contribution < -0.4 is 0 Å². The van der Waals surface area contributed by atoms with Gasteiger partial charge in [-0.3, -0.25) is 4.57 Å². The van der Waals surface area contributed by atoms with Crippen molar-refractivity contribution in [3.8, 4) is 0 Å². The molecule has 1 aliphatic rings. The van der Waals surface area contributed by atoms with Crippen LogP contribution in [0.25, 0.3) is 11.2 Å². The fraction of sp³-hybridized carbons (Fsp3) is 0.583. The third-order valence-corrected chi connectivity index (χ3v) is 3.64. The van der Waals surface area contributed by atoms with E-state index in [0.717, 1.165) is 11.2 Å². The lowest BCUT2D eigenvalue weighted by Gasteiger charge is -2.36. The first kappa shape index (κ1) is 12.5. The van der Waals surface area contributed by atoms with E-state index in [0.29, 0.717) is 5.65 Å². The highest BCUT2D eigenvalue weighted by molar-refractivity contribution is 5.72. The molecule has 0 spiro atoms. The second-order valence-electron chi connectivity index (χ2n) is 4.92. The van der Waals surface area contributed by atoms with E-state index in [2.05, 4.69) is 15.0 Å². The summed E-state index contributed by atoms with van der Waals surface area (Å²) in [6, 6.07) is 0. The normalized spacial score (nSPS) is 31.8. The van der Waals surface area contributed by atoms with Crippen LogP contribution in [0.4, 0.5) is 0 Å². The van der Waals surface area contributed by atoms with Gasteiger partial charge in [0.25, 0.3) is 0 Å². The Morgan fingerprint density at radius 3 is 2.89 bits per heavy atom. The summed E-state index contributed by atoms with van der Waals surface area (Å²) in [6.07, 6.45) is 1.06. The SMILES string of the molecule is Cc1ncnc2c1ncn2C1OCC(O)C(O)C1C. The molecule has 7 nitrogen and oxygen atoms in total. The molecule has 0 saturated carbocycles. The Kier molecular flexibility index (Phi) is 2.96. The largest absolute Gasteiger partial charge is 0.390 e. The van der Waals surface area contributed by atoms with Crippen molar-refractivity contribution in [3.05, 3.63) is 18.3 Å². The summed E-state index contributed by atoms with van der Waals surface area (Å²) in [4.78, 5) is 12.6.